The molecular weight excluding hydrogens is 369 g/mol. The van der Waals surface area contributed by atoms with Gasteiger partial charge in [0.25, 0.3) is 5.56 Å². The quantitative estimate of drug-likeness (QED) is 0.708. The number of anilines is 1. The summed E-state index contributed by atoms with van der Waals surface area (Å²) in [7, 11) is 0. The van der Waals surface area contributed by atoms with Gasteiger partial charge in [0.05, 0.1) is 18.2 Å². The summed E-state index contributed by atoms with van der Waals surface area (Å²) >= 11 is 0. The molecule has 1 fully saturated rings. The minimum atomic E-state index is -4.51. The number of H-pyrrole nitrogens is 1. The highest BCUT2D eigenvalue weighted by molar-refractivity contribution is 5.88. The van der Waals surface area contributed by atoms with Gasteiger partial charge in [-0.1, -0.05) is 24.3 Å². The average Bonchev–Trinajstić information content (AvgIpc) is 3.16. The Morgan fingerprint density at radius 1 is 1.14 bits per heavy atom. The number of aromatic nitrogens is 1. The van der Waals surface area contributed by atoms with E-state index in [-0.39, 0.29) is 23.9 Å². The van der Waals surface area contributed by atoms with Crippen molar-refractivity contribution >= 4 is 16.5 Å². The Morgan fingerprint density at radius 2 is 1.93 bits per heavy atom. The van der Waals surface area contributed by atoms with Crippen molar-refractivity contribution < 1.29 is 18.3 Å². The Kier molecular flexibility index (Phi) is 4.63. The number of nitrogens with one attached hydrogen (secondary N) is 1. The maximum absolute atomic E-state index is 13.3. The first-order chi connectivity index (χ1) is 13.4. The topological polar surface area (TPSA) is 56.3 Å². The second-order valence-corrected chi connectivity index (χ2v) is 7.00. The Morgan fingerprint density at radius 3 is 2.68 bits per heavy atom. The highest BCUT2D eigenvalue weighted by Crippen LogP contribution is 2.37. The summed E-state index contributed by atoms with van der Waals surface area (Å²) in [5, 5.41) is 10.5. The van der Waals surface area contributed by atoms with Gasteiger partial charge < -0.3 is 15.0 Å². The second-order valence-electron chi connectivity index (χ2n) is 7.00. The van der Waals surface area contributed by atoms with Crippen molar-refractivity contribution in [3.8, 4) is 11.3 Å². The summed E-state index contributed by atoms with van der Waals surface area (Å²) in [6, 6.07) is 12.1. The van der Waals surface area contributed by atoms with Crippen LogP contribution in [0.5, 0.6) is 0 Å². The molecule has 1 atom stereocenters. The molecular formula is C21H19F3N2O2. The standard InChI is InChI=1S/C21H19F3N2O2/c22-21(23,24)18-6-2-1-5-16(18)19-10-13-7-8-14(11-17(13)20(28)25-19)26-9-3-4-15(26)12-27/h1-2,5-8,10-11,15,27H,3-4,9,12H2,(H,25,28)/t15-/m1/s1. The highest BCUT2D eigenvalue weighted by atomic mass is 19.4. The summed E-state index contributed by atoms with van der Waals surface area (Å²) in [4.78, 5) is 17.3. The van der Waals surface area contributed by atoms with Gasteiger partial charge in [-0.25, -0.2) is 0 Å². The first-order valence-corrected chi connectivity index (χ1v) is 9.09. The molecule has 0 amide bonds. The number of pyridine rings is 1. The van der Waals surface area contributed by atoms with Gasteiger partial charge in [0.15, 0.2) is 0 Å². The minimum absolute atomic E-state index is 0.0227. The van der Waals surface area contributed by atoms with E-state index in [4.69, 9.17) is 0 Å². The molecule has 2 aromatic carbocycles. The summed E-state index contributed by atoms with van der Waals surface area (Å²) < 4.78 is 40.0. The van der Waals surface area contributed by atoms with E-state index in [9.17, 15) is 23.1 Å². The van der Waals surface area contributed by atoms with Gasteiger partial charge in [0.1, 0.15) is 0 Å². The third-order valence-corrected chi connectivity index (χ3v) is 5.27. The highest BCUT2D eigenvalue weighted by Gasteiger charge is 2.33. The first kappa shape index (κ1) is 18.6. The Hall–Kier alpha value is -2.80. The summed E-state index contributed by atoms with van der Waals surface area (Å²) in [6.45, 7) is 0.841. The predicted molar refractivity (Wildman–Crippen MR) is 102 cm³/mol. The molecule has 0 unspecified atom stereocenters. The van der Waals surface area contributed by atoms with Crippen LogP contribution in [-0.2, 0) is 6.18 Å². The molecule has 1 aromatic heterocycles. The number of hydrogen-bond donors (Lipinski definition) is 2. The molecule has 0 spiro atoms. The van der Waals surface area contributed by atoms with Crippen LogP contribution in [0.2, 0.25) is 0 Å². The van der Waals surface area contributed by atoms with E-state index in [0.717, 1.165) is 31.1 Å². The summed E-state index contributed by atoms with van der Waals surface area (Å²) in [6.07, 6.45) is -2.66. The van der Waals surface area contributed by atoms with Gasteiger partial charge in [0, 0.05) is 28.9 Å². The molecule has 3 aromatic rings. The predicted octanol–water partition coefficient (Wildman–Crippen LogP) is 4.18. The molecule has 0 saturated carbocycles. The zero-order valence-corrected chi connectivity index (χ0v) is 15.0. The number of benzene rings is 2. The number of halogens is 3. The molecule has 28 heavy (non-hydrogen) atoms. The van der Waals surface area contributed by atoms with Crippen LogP contribution in [0.1, 0.15) is 18.4 Å². The molecule has 7 heteroatoms. The molecule has 1 saturated heterocycles. The van der Waals surface area contributed by atoms with Gasteiger partial charge in [0.2, 0.25) is 0 Å². The molecule has 146 valence electrons. The smallest absolute Gasteiger partial charge is 0.394 e. The lowest BCUT2D eigenvalue weighted by Crippen LogP contribution is -2.32. The fraction of sp³-hybridized carbons (Fsp3) is 0.286. The maximum Gasteiger partial charge on any atom is 0.417 e. The molecule has 0 radical (unpaired) electrons. The maximum atomic E-state index is 13.3. The van der Waals surface area contributed by atoms with Crippen molar-refractivity contribution in [1.82, 2.24) is 4.98 Å². The van der Waals surface area contributed by atoms with Crippen LogP contribution >= 0.6 is 0 Å². The third-order valence-electron chi connectivity index (χ3n) is 5.27. The number of hydrogen-bond acceptors (Lipinski definition) is 3. The fourth-order valence-electron chi connectivity index (χ4n) is 3.90. The van der Waals surface area contributed by atoms with Gasteiger partial charge in [-0.05, 0) is 42.5 Å². The lowest BCUT2D eigenvalue weighted by Gasteiger charge is -2.25. The van der Waals surface area contributed by atoms with E-state index in [1.807, 2.05) is 6.07 Å². The second kappa shape index (κ2) is 6.98. The number of aliphatic hydroxyl groups is 1. The molecule has 0 aliphatic carbocycles. The molecule has 4 rings (SSSR count). The number of aliphatic hydroxyl groups excluding tert-OH is 1. The minimum Gasteiger partial charge on any atom is -0.394 e. The van der Waals surface area contributed by atoms with Crippen LogP contribution in [0.15, 0.2) is 53.3 Å². The SMILES string of the molecule is O=c1[nH]c(-c2ccccc2C(F)(F)F)cc2ccc(N3CCC[C@@H]3CO)cc12. The van der Waals surface area contributed by atoms with Crippen molar-refractivity contribution in [3.05, 3.63) is 64.4 Å². The van der Waals surface area contributed by atoms with E-state index in [1.165, 1.54) is 18.2 Å². The molecule has 2 heterocycles. The molecule has 0 bridgehead atoms. The van der Waals surface area contributed by atoms with E-state index < -0.39 is 17.3 Å². The van der Waals surface area contributed by atoms with Crippen LogP contribution in [0.3, 0.4) is 0 Å². The number of alkyl halides is 3. The Labute approximate surface area is 159 Å². The molecule has 1 aliphatic rings. The monoisotopic (exact) mass is 388 g/mol. The average molecular weight is 388 g/mol. The van der Waals surface area contributed by atoms with Crippen molar-refractivity contribution in [2.75, 3.05) is 18.1 Å². The zero-order valence-electron chi connectivity index (χ0n) is 15.0. The largest absolute Gasteiger partial charge is 0.417 e. The van der Waals surface area contributed by atoms with E-state index >= 15 is 0 Å². The molecule has 4 nitrogen and oxygen atoms in total. The van der Waals surface area contributed by atoms with Crippen LogP contribution in [0.25, 0.3) is 22.0 Å². The lowest BCUT2D eigenvalue weighted by molar-refractivity contribution is -0.137. The van der Waals surface area contributed by atoms with Gasteiger partial charge in [-0.3, -0.25) is 4.79 Å². The van der Waals surface area contributed by atoms with Crippen LogP contribution in [0, 0.1) is 0 Å². The number of aromatic amines is 1. The van der Waals surface area contributed by atoms with Crippen molar-refractivity contribution in [2.45, 2.75) is 25.1 Å². The van der Waals surface area contributed by atoms with E-state index in [2.05, 4.69) is 9.88 Å². The lowest BCUT2D eigenvalue weighted by atomic mass is 10.0. The van der Waals surface area contributed by atoms with Gasteiger partial charge >= 0.3 is 6.18 Å². The van der Waals surface area contributed by atoms with E-state index in [0.29, 0.717) is 10.8 Å². The van der Waals surface area contributed by atoms with Crippen LogP contribution in [-0.4, -0.2) is 29.3 Å². The van der Waals surface area contributed by atoms with Gasteiger partial charge in [-0.15, -0.1) is 0 Å². The van der Waals surface area contributed by atoms with Crippen LogP contribution in [0.4, 0.5) is 18.9 Å². The van der Waals surface area contributed by atoms with Crippen molar-refractivity contribution in [2.24, 2.45) is 0 Å². The normalized spacial score (nSPS) is 17.4. The summed E-state index contributed by atoms with van der Waals surface area (Å²) in [5.74, 6) is 0. The number of fused-ring (bicyclic) bond motifs is 1. The zero-order chi connectivity index (χ0) is 19.9. The van der Waals surface area contributed by atoms with Crippen LogP contribution < -0.4 is 10.5 Å². The first-order valence-electron chi connectivity index (χ1n) is 9.09. The molecule has 2 N–H and O–H groups in total. The third kappa shape index (κ3) is 3.26. The number of rotatable bonds is 3. The fourth-order valence-corrected chi connectivity index (χ4v) is 3.90. The Bertz CT molecular complexity index is 1080. The number of nitrogens with zero attached hydrogens (tertiary/aromatic N) is 1. The van der Waals surface area contributed by atoms with Crippen molar-refractivity contribution in [1.29, 1.82) is 0 Å². The molecule has 1 aliphatic heterocycles. The summed E-state index contributed by atoms with van der Waals surface area (Å²) in [5.41, 5.74) is -0.320. The Balaban J connectivity index is 1.81. The van der Waals surface area contributed by atoms with Crippen molar-refractivity contribution in [3.63, 3.8) is 0 Å². The van der Waals surface area contributed by atoms with E-state index in [1.54, 1.807) is 18.2 Å². The van der Waals surface area contributed by atoms with Gasteiger partial charge in [-0.2, -0.15) is 13.2 Å².